The molecule has 0 bridgehead atoms. The van der Waals surface area contributed by atoms with Crippen LogP contribution in [-0.2, 0) is 9.59 Å². The van der Waals surface area contributed by atoms with Gasteiger partial charge in [0.2, 0.25) is 5.78 Å². The van der Waals surface area contributed by atoms with E-state index in [9.17, 15) is 14.0 Å². The lowest BCUT2D eigenvalue weighted by Gasteiger charge is -2.05. The van der Waals surface area contributed by atoms with Crippen molar-refractivity contribution < 1.29 is 14.0 Å². The molecule has 1 aromatic rings. The highest BCUT2D eigenvalue weighted by atomic mass is 19.1. The molecule has 1 aromatic carbocycles. The summed E-state index contributed by atoms with van der Waals surface area (Å²) < 4.78 is 12.6. The van der Waals surface area contributed by atoms with Crippen molar-refractivity contribution in [2.24, 2.45) is 0 Å². The van der Waals surface area contributed by atoms with Gasteiger partial charge in [-0.1, -0.05) is 11.8 Å². The fourth-order valence-electron chi connectivity index (χ4n) is 1.07. The van der Waals surface area contributed by atoms with Gasteiger partial charge in [0.05, 0.1) is 0 Å². The minimum atomic E-state index is -0.631. The van der Waals surface area contributed by atoms with E-state index in [4.69, 9.17) is 0 Å². The molecule has 0 saturated carbocycles. The van der Waals surface area contributed by atoms with Crippen LogP contribution in [0.2, 0.25) is 0 Å². The van der Waals surface area contributed by atoms with Crippen LogP contribution in [-0.4, -0.2) is 30.7 Å². The monoisotopic (exact) mass is 245 g/mol. The summed E-state index contributed by atoms with van der Waals surface area (Å²) in [6, 6.07) is 5.66. The van der Waals surface area contributed by atoms with Crippen molar-refractivity contribution in [2.75, 3.05) is 14.1 Å². The molecule has 0 N–H and O–H groups in total. The van der Waals surface area contributed by atoms with Gasteiger partial charge in [-0.3, -0.25) is 9.59 Å². The molecule has 18 heavy (non-hydrogen) atoms. The Hall–Kier alpha value is -2.41. The highest BCUT2D eigenvalue weighted by molar-refractivity contribution is 6.40. The molecule has 0 fully saturated rings. The molecular formula is C14H12FNO2. The number of carbonyl (C=O) groups excluding carboxylic acids is 2. The van der Waals surface area contributed by atoms with E-state index in [-0.39, 0.29) is 5.82 Å². The molecule has 0 spiro atoms. The van der Waals surface area contributed by atoms with Gasteiger partial charge in [0.25, 0.3) is 5.91 Å². The number of rotatable bonds is 2. The number of hydrogen-bond acceptors (Lipinski definition) is 2. The Morgan fingerprint density at radius 3 is 2.39 bits per heavy atom. The zero-order valence-corrected chi connectivity index (χ0v) is 10.1. The van der Waals surface area contributed by atoms with Crippen LogP contribution in [0.3, 0.4) is 0 Å². The summed E-state index contributed by atoms with van der Waals surface area (Å²) in [5.41, 5.74) is 0.632. The maximum atomic E-state index is 12.6. The topological polar surface area (TPSA) is 37.4 Å². The second-order valence-electron chi connectivity index (χ2n) is 3.67. The first-order valence-corrected chi connectivity index (χ1v) is 5.20. The van der Waals surface area contributed by atoms with Gasteiger partial charge in [-0.05, 0) is 36.4 Å². The molecule has 4 heteroatoms. The average molecular weight is 245 g/mol. The summed E-state index contributed by atoms with van der Waals surface area (Å²) in [6.45, 7) is 0. The Labute approximate surface area is 105 Å². The Morgan fingerprint density at radius 1 is 1.22 bits per heavy atom. The first-order valence-electron chi connectivity index (χ1n) is 5.20. The molecule has 0 radical (unpaired) electrons. The molecule has 0 aromatic heterocycles. The minimum Gasteiger partial charge on any atom is -0.342 e. The summed E-state index contributed by atoms with van der Waals surface area (Å²) in [7, 11) is 3.00. The van der Waals surface area contributed by atoms with Gasteiger partial charge >= 0.3 is 0 Å². The Morgan fingerprint density at radius 2 is 1.83 bits per heavy atom. The number of halogens is 1. The van der Waals surface area contributed by atoms with Crippen molar-refractivity contribution in [1.29, 1.82) is 0 Å². The van der Waals surface area contributed by atoms with E-state index in [0.717, 1.165) is 6.08 Å². The molecule has 0 unspecified atom stereocenters. The highest BCUT2D eigenvalue weighted by Crippen LogP contribution is 2.00. The summed E-state index contributed by atoms with van der Waals surface area (Å²) >= 11 is 0. The van der Waals surface area contributed by atoms with Crippen LogP contribution in [0.25, 0.3) is 0 Å². The van der Waals surface area contributed by atoms with Crippen LogP contribution in [0.5, 0.6) is 0 Å². The fraction of sp³-hybridized carbons (Fsp3) is 0.143. The molecule has 1 amide bonds. The normalized spacial score (nSPS) is 9.72. The number of hydrogen-bond donors (Lipinski definition) is 0. The third-order valence-corrected chi connectivity index (χ3v) is 2.00. The number of allylic oxidation sites excluding steroid dienone is 1. The van der Waals surface area contributed by atoms with Crippen LogP contribution in [0.4, 0.5) is 4.39 Å². The largest absolute Gasteiger partial charge is 0.342 e. The first kappa shape index (κ1) is 13.7. The van der Waals surface area contributed by atoms with Gasteiger partial charge in [-0.25, -0.2) is 4.39 Å². The Kier molecular flexibility index (Phi) is 4.82. The van der Waals surface area contributed by atoms with Gasteiger partial charge in [0.15, 0.2) is 0 Å². The quantitative estimate of drug-likeness (QED) is 0.448. The van der Waals surface area contributed by atoms with Crippen LogP contribution in [0.1, 0.15) is 5.56 Å². The average Bonchev–Trinajstić information content (AvgIpc) is 2.35. The maximum absolute atomic E-state index is 12.6. The summed E-state index contributed by atoms with van der Waals surface area (Å²) in [6.07, 6.45) is 2.41. The Balaban J connectivity index is 2.63. The molecule has 0 heterocycles. The van der Waals surface area contributed by atoms with Crippen LogP contribution in [0.15, 0.2) is 36.4 Å². The van der Waals surface area contributed by atoms with Crippen LogP contribution < -0.4 is 0 Å². The molecule has 0 aliphatic carbocycles. The first-order chi connectivity index (χ1) is 8.50. The summed E-state index contributed by atoms with van der Waals surface area (Å²) in [5.74, 6) is 3.75. The molecule has 0 aliphatic heterocycles. The SMILES string of the molecule is CN(C)C(=O)C(=O)/C=C/C#Cc1ccc(F)cc1. The molecule has 0 atom stereocenters. The molecule has 1 rings (SSSR count). The van der Waals surface area contributed by atoms with E-state index >= 15 is 0 Å². The number of amides is 1. The lowest BCUT2D eigenvalue weighted by atomic mass is 10.2. The second-order valence-corrected chi connectivity index (χ2v) is 3.67. The standard InChI is InChI=1S/C14H12FNO2/c1-16(2)14(18)13(17)6-4-3-5-11-7-9-12(15)10-8-11/h4,6-10H,1-2H3/b6-4+. The highest BCUT2D eigenvalue weighted by Gasteiger charge is 2.10. The predicted octanol–water partition coefficient (Wildman–Crippen LogP) is 1.39. The lowest BCUT2D eigenvalue weighted by Crippen LogP contribution is -2.28. The van der Waals surface area contributed by atoms with E-state index in [0.29, 0.717) is 5.56 Å². The summed E-state index contributed by atoms with van der Waals surface area (Å²) in [5, 5.41) is 0. The number of benzene rings is 1. The predicted molar refractivity (Wildman–Crippen MR) is 66.1 cm³/mol. The maximum Gasteiger partial charge on any atom is 0.293 e. The van der Waals surface area contributed by atoms with Gasteiger partial charge in [0, 0.05) is 19.7 Å². The third kappa shape index (κ3) is 4.22. The van der Waals surface area contributed by atoms with Crippen molar-refractivity contribution in [1.82, 2.24) is 4.90 Å². The van der Waals surface area contributed by atoms with E-state index in [1.165, 1.54) is 49.3 Å². The van der Waals surface area contributed by atoms with E-state index in [1.807, 2.05) is 0 Å². The number of ketones is 1. The Bertz CT molecular complexity index is 533. The summed E-state index contributed by atoms with van der Waals surface area (Å²) in [4.78, 5) is 23.6. The minimum absolute atomic E-state index is 0.331. The number of likely N-dealkylation sites (N-methyl/N-ethyl adjacent to an activating group) is 1. The molecule has 92 valence electrons. The van der Waals surface area contributed by atoms with Gasteiger partial charge in [0.1, 0.15) is 5.82 Å². The van der Waals surface area contributed by atoms with Crippen molar-refractivity contribution >= 4 is 11.7 Å². The van der Waals surface area contributed by atoms with Gasteiger partial charge in [-0.2, -0.15) is 0 Å². The fourth-order valence-corrected chi connectivity index (χ4v) is 1.07. The van der Waals surface area contributed by atoms with Crippen molar-refractivity contribution in [3.05, 3.63) is 47.8 Å². The van der Waals surface area contributed by atoms with Crippen LogP contribution in [0, 0.1) is 17.7 Å². The lowest BCUT2D eigenvalue weighted by molar-refractivity contribution is -0.140. The van der Waals surface area contributed by atoms with Gasteiger partial charge in [-0.15, -0.1) is 0 Å². The zero-order chi connectivity index (χ0) is 13.5. The van der Waals surface area contributed by atoms with Crippen LogP contribution >= 0.6 is 0 Å². The van der Waals surface area contributed by atoms with E-state index in [1.54, 1.807) is 0 Å². The van der Waals surface area contributed by atoms with Crippen molar-refractivity contribution in [3.63, 3.8) is 0 Å². The number of nitrogens with zero attached hydrogens (tertiary/aromatic N) is 1. The van der Waals surface area contributed by atoms with E-state index in [2.05, 4.69) is 11.8 Å². The van der Waals surface area contributed by atoms with Crippen molar-refractivity contribution in [2.45, 2.75) is 0 Å². The molecule has 0 aliphatic rings. The van der Waals surface area contributed by atoms with E-state index < -0.39 is 11.7 Å². The zero-order valence-electron chi connectivity index (χ0n) is 10.1. The molecule has 3 nitrogen and oxygen atoms in total. The number of carbonyl (C=O) groups is 2. The molecular weight excluding hydrogens is 233 g/mol. The smallest absolute Gasteiger partial charge is 0.293 e. The van der Waals surface area contributed by atoms with Crippen molar-refractivity contribution in [3.8, 4) is 11.8 Å². The second kappa shape index (κ2) is 6.36. The van der Waals surface area contributed by atoms with Gasteiger partial charge < -0.3 is 4.90 Å². The third-order valence-electron chi connectivity index (χ3n) is 2.00. The molecule has 0 saturated heterocycles.